The van der Waals surface area contributed by atoms with Gasteiger partial charge in [-0.05, 0) is 31.5 Å². The summed E-state index contributed by atoms with van der Waals surface area (Å²) in [4.78, 5) is 18.8. The molecule has 0 saturated carbocycles. The molecular formula is C18H25ClN4O. The zero-order valence-electron chi connectivity index (χ0n) is 14.9. The molecule has 1 amide bonds. The Morgan fingerprint density at radius 3 is 2.58 bits per heavy atom. The van der Waals surface area contributed by atoms with E-state index in [1.165, 1.54) is 0 Å². The summed E-state index contributed by atoms with van der Waals surface area (Å²) in [6.07, 6.45) is 1.62. The minimum Gasteiger partial charge on any atom is -0.324 e. The SMILES string of the molecule is CC(C)c1ccccc1NC(=O)C(C)N(C)Cc1ncc(Cl)n1C. The van der Waals surface area contributed by atoms with Gasteiger partial charge < -0.3 is 9.88 Å². The Morgan fingerprint density at radius 2 is 2.00 bits per heavy atom. The summed E-state index contributed by atoms with van der Waals surface area (Å²) in [6.45, 7) is 6.66. The van der Waals surface area contributed by atoms with E-state index in [-0.39, 0.29) is 11.9 Å². The number of carbonyl (C=O) groups excluding carboxylic acids is 1. The third-order valence-corrected chi connectivity index (χ3v) is 4.65. The number of anilines is 1. The molecule has 0 fully saturated rings. The molecule has 0 saturated heterocycles. The molecule has 2 rings (SSSR count). The standard InChI is InChI=1S/C18H25ClN4O/c1-12(2)14-8-6-7-9-15(14)21-18(24)13(3)22(4)11-17-20-10-16(19)23(17)5/h6-10,12-13H,11H2,1-5H3,(H,21,24). The summed E-state index contributed by atoms with van der Waals surface area (Å²) >= 11 is 6.01. The summed E-state index contributed by atoms with van der Waals surface area (Å²) in [6, 6.07) is 7.63. The van der Waals surface area contributed by atoms with E-state index in [2.05, 4.69) is 24.1 Å². The van der Waals surface area contributed by atoms with Gasteiger partial charge in [-0.25, -0.2) is 4.98 Å². The second-order valence-corrected chi connectivity index (χ2v) is 6.77. The van der Waals surface area contributed by atoms with Crippen molar-refractivity contribution in [3.63, 3.8) is 0 Å². The number of para-hydroxylation sites is 1. The molecular weight excluding hydrogens is 324 g/mol. The molecule has 2 aromatic rings. The molecule has 1 heterocycles. The predicted octanol–water partition coefficient (Wildman–Crippen LogP) is 3.66. The van der Waals surface area contributed by atoms with Crippen molar-refractivity contribution in [3.8, 4) is 0 Å². The first-order valence-electron chi connectivity index (χ1n) is 8.07. The molecule has 1 N–H and O–H groups in total. The molecule has 0 radical (unpaired) electrons. The van der Waals surface area contributed by atoms with Crippen molar-refractivity contribution < 1.29 is 4.79 Å². The Bertz CT molecular complexity index is 711. The number of benzene rings is 1. The van der Waals surface area contributed by atoms with Crippen LogP contribution in [-0.4, -0.2) is 33.4 Å². The van der Waals surface area contributed by atoms with Crippen molar-refractivity contribution >= 4 is 23.2 Å². The molecule has 1 aromatic heterocycles. The third kappa shape index (κ3) is 4.16. The zero-order chi connectivity index (χ0) is 17.9. The van der Waals surface area contributed by atoms with Crippen LogP contribution in [0, 0.1) is 0 Å². The minimum absolute atomic E-state index is 0.0362. The number of hydrogen-bond acceptors (Lipinski definition) is 3. The Morgan fingerprint density at radius 1 is 1.33 bits per heavy atom. The van der Waals surface area contributed by atoms with Gasteiger partial charge in [0.05, 0.1) is 18.8 Å². The quantitative estimate of drug-likeness (QED) is 0.866. The van der Waals surface area contributed by atoms with E-state index in [1.807, 2.05) is 54.8 Å². The maximum absolute atomic E-state index is 12.6. The highest BCUT2D eigenvalue weighted by atomic mass is 35.5. The Balaban J connectivity index is 2.05. The highest BCUT2D eigenvalue weighted by Gasteiger charge is 2.21. The van der Waals surface area contributed by atoms with Gasteiger partial charge in [-0.15, -0.1) is 0 Å². The molecule has 0 aliphatic rings. The number of amides is 1. The number of hydrogen-bond donors (Lipinski definition) is 1. The maximum Gasteiger partial charge on any atom is 0.241 e. The number of nitrogens with zero attached hydrogens (tertiary/aromatic N) is 3. The van der Waals surface area contributed by atoms with Gasteiger partial charge in [-0.1, -0.05) is 43.6 Å². The van der Waals surface area contributed by atoms with Gasteiger partial charge in [-0.3, -0.25) is 9.69 Å². The number of aromatic nitrogens is 2. The number of likely N-dealkylation sites (N-methyl/N-ethyl adjacent to an activating group) is 1. The van der Waals surface area contributed by atoms with E-state index in [9.17, 15) is 4.79 Å². The number of imidazole rings is 1. The topological polar surface area (TPSA) is 50.2 Å². The van der Waals surface area contributed by atoms with Crippen molar-refractivity contribution in [2.75, 3.05) is 12.4 Å². The van der Waals surface area contributed by atoms with Crippen LogP contribution in [0.1, 0.15) is 38.1 Å². The van der Waals surface area contributed by atoms with Gasteiger partial charge in [0.2, 0.25) is 5.91 Å². The second kappa shape index (κ2) is 7.81. The molecule has 24 heavy (non-hydrogen) atoms. The van der Waals surface area contributed by atoms with E-state index in [4.69, 9.17) is 11.6 Å². The highest BCUT2D eigenvalue weighted by Crippen LogP contribution is 2.24. The average molecular weight is 349 g/mol. The molecule has 0 aliphatic carbocycles. The lowest BCUT2D eigenvalue weighted by Crippen LogP contribution is -2.39. The highest BCUT2D eigenvalue weighted by molar-refractivity contribution is 6.29. The van der Waals surface area contributed by atoms with Crippen LogP contribution >= 0.6 is 11.6 Å². The lowest BCUT2D eigenvalue weighted by molar-refractivity contribution is -0.120. The van der Waals surface area contributed by atoms with E-state index in [0.29, 0.717) is 17.6 Å². The average Bonchev–Trinajstić information content (AvgIpc) is 2.86. The first-order chi connectivity index (χ1) is 11.3. The van der Waals surface area contributed by atoms with Crippen molar-refractivity contribution in [1.29, 1.82) is 0 Å². The molecule has 0 bridgehead atoms. The largest absolute Gasteiger partial charge is 0.324 e. The fraction of sp³-hybridized carbons (Fsp3) is 0.444. The van der Waals surface area contributed by atoms with Crippen molar-refractivity contribution in [2.45, 2.75) is 39.3 Å². The summed E-state index contributed by atoms with van der Waals surface area (Å²) in [5.74, 6) is 1.14. The van der Waals surface area contributed by atoms with Crippen LogP contribution in [0.4, 0.5) is 5.69 Å². The molecule has 6 heteroatoms. The lowest BCUT2D eigenvalue weighted by Gasteiger charge is -2.24. The van der Waals surface area contributed by atoms with Gasteiger partial charge in [0, 0.05) is 12.7 Å². The molecule has 1 unspecified atom stereocenters. The van der Waals surface area contributed by atoms with Crippen LogP contribution in [0.25, 0.3) is 0 Å². The number of nitrogens with one attached hydrogen (secondary N) is 1. The molecule has 1 aromatic carbocycles. The first-order valence-corrected chi connectivity index (χ1v) is 8.45. The molecule has 5 nitrogen and oxygen atoms in total. The number of rotatable bonds is 6. The fourth-order valence-corrected chi connectivity index (χ4v) is 2.63. The summed E-state index contributed by atoms with van der Waals surface area (Å²) in [7, 11) is 3.77. The Labute approximate surface area is 148 Å². The van der Waals surface area contributed by atoms with Crippen molar-refractivity contribution in [1.82, 2.24) is 14.5 Å². The molecule has 0 aliphatic heterocycles. The van der Waals surface area contributed by atoms with E-state index >= 15 is 0 Å². The zero-order valence-corrected chi connectivity index (χ0v) is 15.6. The monoisotopic (exact) mass is 348 g/mol. The number of carbonyl (C=O) groups is 1. The van der Waals surface area contributed by atoms with E-state index in [1.54, 1.807) is 6.20 Å². The molecule has 130 valence electrons. The predicted molar refractivity (Wildman–Crippen MR) is 98.3 cm³/mol. The smallest absolute Gasteiger partial charge is 0.241 e. The summed E-state index contributed by atoms with van der Waals surface area (Å²) in [5.41, 5.74) is 2.01. The van der Waals surface area contributed by atoms with Crippen LogP contribution in [0.5, 0.6) is 0 Å². The number of halogens is 1. The second-order valence-electron chi connectivity index (χ2n) is 6.38. The van der Waals surface area contributed by atoms with Crippen LogP contribution < -0.4 is 5.32 Å². The van der Waals surface area contributed by atoms with Gasteiger partial charge in [-0.2, -0.15) is 0 Å². The summed E-state index contributed by atoms with van der Waals surface area (Å²) in [5, 5.41) is 3.63. The van der Waals surface area contributed by atoms with E-state index < -0.39 is 0 Å². The third-order valence-electron chi connectivity index (χ3n) is 4.30. The van der Waals surface area contributed by atoms with Crippen LogP contribution in [0.3, 0.4) is 0 Å². The first kappa shape index (κ1) is 18.5. The van der Waals surface area contributed by atoms with Gasteiger partial charge >= 0.3 is 0 Å². The van der Waals surface area contributed by atoms with Gasteiger partial charge in [0.25, 0.3) is 0 Å². The van der Waals surface area contributed by atoms with Crippen LogP contribution in [-0.2, 0) is 18.4 Å². The van der Waals surface area contributed by atoms with Gasteiger partial charge in [0.1, 0.15) is 11.0 Å². The molecule has 1 atom stereocenters. The van der Waals surface area contributed by atoms with Gasteiger partial charge in [0.15, 0.2) is 0 Å². The van der Waals surface area contributed by atoms with Crippen LogP contribution in [0.15, 0.2) is 30.5 Å². The maximum atomic E-state index is 12.6. The Hall–Kier alpha value is -1.85. The summed E-state index contributed by atoms with van der Waals surface area (Å²) < 4.78 is 1.82. The fourth-order valence-electron chi connectivity index (χ4n) is 2.48. The molecule has 0 spiro atoms. The minimum atomic E-state index is -0.291. The van der Waals surface area contributed by atoms with Crippen molar-refractivity contribution in [2.24, 2.45) is 7.05 Å². The van der Waals surface area contributed by atoms with E-state index in [0.717, 1.165) is 17.1 Å². The lowest BCUT2D eigenvalue weighted by atomic mass is 10.0. The Kier molecular flexibility index (Phi) is 6.02. The van der Waals surface area contributed by atoms with Crippen LogP contribution in [0.2, 0.25) is 5.15 Å². The normalized spacial score (nSPS) is 12.7. The van der Waals surface area contributed by atoms with Crippen molar-refractivity contribution in [3.05, 3.63) is 47.0 Å².